The van der Waals surface area contributed by atoms with Gasteiger partial charge in [0.25, 0.3) is 0 Å². The quantitative estimate of drug-likeness (QED) is 0.807. The van der Waals surface area contributed by atoms with Crippen LogP contribution in [0.3, 0.4) is 0 Å². The van der Waals surface area contributed by atoms with Gasteiger partial charge in [0.05, 0.1) is 12.7 Å². The second kappa shape index (κ2) is 7.28. The fraction of sp³-hybridized carbons (Fsp3) is 0.368. The number of hydrogen-bond acceptors (Lipinski definition) is 2. The van der Waals surface area contributed by atoms with Crippen LogP contribution < -0.4 is 0 Å². The van der Waals surface area contributed by atoms with Gasteiger partial charge in [-0.25, -0.2) is 0 Å². The number of rotatable bonds is 6. The molecule has 0 spiro atoms. The molecule has 21 heavy (non-hydrogen) atoms. The summed E-state index contributed by atoms with van der Waals surface area (Å²) in [6, 6.07) is 7.37. The topological polar surface area (TPSA) is 29.5 Å². The van der Waals surface area contributed by atoms with Gasteiger partial charge in [-0.3, -0.25) is 0 Å². The van der Waals surface area contributed by atoms with Crippen molar-refractivity contribution in [3.05, 3.63) is 59.2 Å². The lowest BCUT2D eigenvalue weighted by molar-refractivity contribution is 0.116. The van der Waals surface area contributed by atoms with Crippen LogP contribution in [0, 0.1) is 0 Å². The zero-order valence-electron chi connectivity index (χ0n) is 12.9. The van der Waals surface area contributed by atoms with Crippen LogP contribution in [0.5, 0.6) is 5.75 Å². The molecule has 2 rings (SSSR count). The summed E-state index contributed by atoms with van der Waals surface area (Å²) in [4.78, 5) is 0. The first-order valence-electron chi connectivity index (χ1n) is 7.56. The van der Waals surface area contributed by atoms with Crippen molar-refractivity contribution in [2.75, 3.05) is 6.61 Å². The molecule has 1 heterocycles. The summed E-state index contributed by atoms with van der Waals surface area (Å²) in [6.07, 6.45) is 7.48. The van der Waals surface area contributed by atoms with Gasteiger partial charge in [0.2, 0.25) is 0 Å². The molecule has 0 saturated carbocycles. The summed E-state index contributed by atoms with van der Waals surface area (Å²) in [5, 5.41) is 9.53. The van der Waals surface area contributed by atoms with Crippen molar-refractivity contribution in [1.29, 1.82) is 0 Å². The minimum Gasteiger partial charge on any atom is -0.508 e. The van der Waals surface area contributed by atoms with Crippen LogP contribution in [0.15, 0.2) is 53.6 Å². The van der Waals surface area contributed by atoms with Gasteiger partial charge in [-0.05, 0) is 49.5 Å². The lowest BCUT2D eigenvalue weighted by atomic mass is 9.96. The average molecular weight is 284 g/mol. The molecular weight excluding hydrogens is 260 g/mol. The average Bonchev–Trinajstić information content (AvgIpc) is 2.92. The highest BCUT2D eigenvalue weighted by Crippen LogP contribution is 2.27. The molecule has 0 amide bonds. The molecule has 1 aromatic carbocycles. The SMILES string of the molecule is C=C(C)C1=CCOC1CC/C(=C/c1cccc(O)c1)CC. The monoisotopic (exact) mass is 284 g/mol. The molecule has 0 saturated heterocycles. The number of aromatic hydroxyl groups is 1. The molecule has 0 bridgehead atoms. The van der Waals surface area contributed by atoms with Crippen molar-refractivity contribution in [3.63, 3.8) is 0 Å². The third kappa shape index (κ3) is 4.33. The zero-order chi connectivity index (χ0) is 15.2. The Morgan fingerprint density at radius 1 is 1.48 bits per heavy atom. The summed E-state index contributed by atoms with van der Waals surface area (Å²) >= 11 is 0. The number of benzene rings is 1. The molecule has 1 atom stereocenters. The van der Waals surface area contributed by atoms with Crippen molar-refractivity contribution in [1.82, 2.24) is 0 Å². The van der Waals surface area contributed by atoms with E-state index in [2.05, 4.69) is 25.7 Å². The van der Waals surface area contributed by atoms with Crippen molar-refractivity contribution in [2.45, 2.75) is 39.2 Å². The molecular formula is C19H24O2. The summed E-state index contributed by atoms with van der Waals surface area (Å²) in [6.45, 7) is 8.93. The fourth-order valence-electron chi connectivity index (χ4n) is 2.68. The molecule has 1 N–H and O–H groups in total. The second-order valence-electron chi connectivity index (χ2n) is 5.55. The van der Waals surface area contributed by atoms with Crippen LogP contribution in [-0.4, -0.2) is 17.8 Å². The van der Waals surface area contributed by atoms with E-state index in [9.17, 15) is 5.11 Å². The Hall–Kier alpha value is -1.80. The minimum absolute atomic E-state index is 0.182. The Morgan fingerprint density at radius 3 is 2.95 bits per heavy atom. The summed E-state index contributed by atoms with van der Waals surface area (Å²) < 4.78 is 5.77. The lowest BCUT2D eigenvalue weighted by Gasteiger charge is -2.15. The Labute approximate surface area is 127 Å². The highest BCUT2D eigenvalue weighted by atomic mass is 16.5. The molecule has 0 aliphatic carbocycles. The summed E-state index contributed by atoms with van der Waals surface area (Å²) in [5.74, 6) is 0.311. The number of phenols is 1. The van der Waals surface area contributed by atoms with E-state index in [1.54, 1.807) is 12.1 Å². The number of phenolic OH excluding ortho intramolecular Hbond substituents is 1. The maximum Gasteiger partial charge on any atom is 0.116 e. The van der Waals surface area contributed by atoms with Crippen molar-refractivity contribution in [3.8, 4) is 5.75 Å². The number of hydrogen-bond donors (Lipinski definition) is 1. The maximum atomic E-state index is 9.53. The highest BCUT2D eigenvalue weighted by molar-refractivity contribution is 5.54. The molecule has 1 aliphatic rings. The first-order valence-corrected chi connectivity index (χ1v) is 7.56. The van der Waals surface area contributed by atoms with Gasteiger partial charge in [-0.2, -0.15) is 0 Å². The normalized spacial score (nSPS) is 18.7. The molecule has 0 fully saturated rings. The standard InChI is InChI=1S/C19H24O2/c1-4-15(12-16-6-5-7-17(20)13-16)8-9-19-18(14(2)3)10-11-21-19/h5-7,10,12-13,19-20H,2,4,8-9,11H2,1,3H3/b15-12+. The summed E-state index contributed by atoms with van der Waals surface area (Å²) in [7, 11) is 0. The fourth-order valence-corrected chi connectivity index (χ4v) is 2.68. The van der Waals surface area contributed by atoms with E-state index < -0.39 is 0 Å². The Morgan fingerprint density at radius 2 is 2.29 bits per heavy atom. The predicted octanol–water partition coefficient (Wildman–Crippen LogP) is 4.87. The molecule has 2 heteroatoms. The first kappa shape index (κ1) is 15.6. The largest absolute Gasteiger partial charge is 0.508 e. The Bertz CT molecular complexity index is 567. The van der Waals surface area contributed by atoms with Crippen LogP contribution in [0.2, 0.25) is 0 Å². The highest BCUT2D eigenvalue weighted by Gasteiger charge is 2.20. The molecule has 112 valence electrons. The van der Waals surface area contributed by atoms with Crippen molar-refractivity contribution < 1.29 is 9.84 Å². The van der Waals surface area contributed by atoms with E-state index in [1.807, 2.05) is 19.1 Å². The van der Waals surface area contributed by atoms with Crippen LogP contribution in [0.25, 0.3) is 6.08 Å². The summed E-state index contributed by atoms with van der Waals surface area (Å²) in [5.41, 5.74) is 4.78. The van der Waals surface area contributed by atoms with Gasteiger partial charge >= 0.3 is 0 Å². The van der Waals surface area contributed by atoms with Gasteiger partial charge < -0.3 is 9.84 Å². The van der Waals surface area contributed by atoms with Gasteiger partial charge in [-0.1, -0.05) is 48.9 Å². The van der Waals surface area contributed by atoms with Crippen LogP contribution in [-0.2, 0) is 4.74 Å². The third-order valence-electron chi connectivity index (χ3n) is 3.86. The smallest absolute Gasteiger partial charge is 0.116 e. The number of ether oxygens (including phenoxy) is 1. The van der Waals surface area contributed by atoms with Crippen LogP contribution >= 0.6 is 0 Å². The van der Waals surface area contributed by atoms with E-state index in [0.29, 0.717) is 12.4 Å². The van der Waals surface area contributed by atoms with E-state index in [4.69, 9.17) is 4.74 Å². The molecule has 1 aromatic rings. The van der Waals surface area contributed by atoms with Gasteiger partial charge in [-0.15, -0.1) is 0 Å². The Balaban J connectivity index is 2.00. The maximum absolute atomic E-state index is 9.53. The third-order valence-corrected chi connectivity index (χ3v) is 3.86. The number of allylic oxidation sites excluding steroid dienone is 1. The van der Waals surface area contributed by atoms with E-state index >= 15 is 0 Å². The van der Waals surface area contributed by atoms with Crippen molar-refractivity contribution >= 4 is 6.08 Å². The molecule has 0 aromatic heterocycles. The minimum atomic E-state index is 0.182. The van der Waals surface area contributed by atoms with Gasteiger partial charge in [0.15, 0.2) is 0 Å². The Kier molecular flexibility index (Phi) is 5.40. The van der Waals surface area contributed by atoms with Crippen molar-refractivity contribution in [2.24, 2.45) is 0 Å². The van der Waals surface area contributed by atoms with Crippen LogP contribution in [0.1, 0.15) is 38.7 Å². The molecule has 1 aliphatic heterocycles. The van der Waals surface area contributed by atoms with Crippen LogP contribution in [0.4, 0.5) is 0 Å². The van der Waals surface area contributed by atoms with E-state index in [1.165, 1.54) is 11.1 Å². The van der Waals surface area contributed by atoms with Gasteiger partial charge in [0.1, 0.15) is 5.75 Å². The second-order valence-corrected chi connectivity index (χ2v) is 5.55. The molecule has 1 unspecified atom stereocenters. The van der Waals surface area contributed by atoms with E-state index in [0.717, 1.165) is 30.4 Å². The predicted molar refractivity (Wildman–Crippen MR) is 88.2 cm³/mol. The molecule has 2 nitrogen and oxygen atoms in total. The molecule has 0 radical (unpaired) electrons. The van der Waals surface area contributed by atoms with Gasteiger partial charge in [0, 0.05) is 0 Å². The lowest BCUT2D eigenvalue weighted by Crippen LogP contribution is -2.11. The van der Waals surface area contributed by atoms with E-state index in [-0.39, 0.29) is 6.10 Å². The zero-order valence-corrected chi connectivity index (χ0v) is 12.9. The first-order chi connectivity index (χ1) is 10.1.